The molecule has 0 aromatic rings. The number of halogens is 1. The molecule has 1 saturated heterocycles. The van der Waals surface area contributed by atoms with Gasteiger partial charge in [-0.3, -0.25) is 4.18 Å². The van der Waals surface area contributed by atoms with Crippen LogP contribution in [0, 0.1) is 0 Å². The van der Waals surface area contributed by atoms with Gasteiger partial charge in [-0.2, -0.15) is 0 Å². The van der Waals surface area contributed by atoms with Gasteiger partial charge in [-0.15, -0.1) is 0 Å². The second-order valence-electron chi connectivity index (χ2n) is 2.26. The first-order valence-electron chi connectivity index (χ1n) is 3.20. The van der Waals surface area contributed by atoms with Gasteiger partial charge in [-0.05, 0) is 24.9 Å². The summed E-state index contributed by atoms with van der Waals surface area (Å²) >= 11 is 7.25. The Morgan fingerprint density at radius 3 is 3.10 bits per heavy atom. The topological polar surface area (TPSA) is 26.3 Å². The van der Waals surface area contributed by atoms with Gasteiger partial charge in [0.05, 0.1) is 0 Å². The van der Waals surface area contributed by atoms with E-state index in [-0.39, 0.29) is 0 Å². The van der Waals surface area contributed by atoms with Gasteiger partial charge in [0.25, 0.3) is 0 Å². The Balaban J connectivity index is 2.39. The van der Waals surface area contributed by atoms with Crippen molar-refractivity contribution in [2.24, 2.45) is 0 Å². The molecule has 0 aromatic heterocycles. The SMILES string of the molecule is O=CCC1(Cl)CCCSO1. The van der Waals surface area contributed by atoms with E-state index in [1.54, 1.807) is 0 Å². The van der Waals surface area contributed by atoms with Crippen LogP contribution in [0.2, 0.25) is 0 Å². The highest BCUT2D eigenvalue weighted by atomic mass is 35.5. The molecule has 0 saturated carbocycles. The molecule has 0 aliphatic carbocycles. The maximum Gasteiger partial charge on any atom is 0.162 e. The van der Waals surface area contributed by atoms with Crippen molar-refractivity contribution in [3.8, 4) is 0 Å². The lowest BCUT2D eigenvalue weighted by molar-refractivity contribution is -0.109. The Morgan fingerprint density at radius 1 is 1.80 bits per heavy atom. The number of hydrogen-bond acceptors (Lipinski definition) is 3. The number of aldehydes is 1. The first-order valence-corrected chi connectivity index (χ1v) is 4.49. The molecule has 0 N–H and O–H groups in total. The van der Waals surface area contributed by atoms with E-state index in [0.29, 0.717) is 6.42 Å². The minimum absolute atomic E-state index is 0.293. The lowest BCUT2D eigenvalue weighted by Crippen LogP contribution is -2.26. The zero-order valence-electron chi connectivity index (χ0n) is 5.51. The molecule has 1 unspecified atom stereocenters. The normalized spacial score (nSPS) is 33.7. The van der Waals surface area contributed by atoms with Crippen LogP contribution in [0.3, 0.4) is 0 Å². The molecule has 0 bridgehead atoms. The average molecular weight is 181 g/mol. The van der Waals surface area contributed by atoms with Gasteiger partial charge in [0.15, 0.2) is 5.06 Å². The highest BCUT2D eigenvalue weighted by Crippen LogP contribution is 2.36. The van der Waals surface area contributed by atoms with Gasteiger partial charge < -0.3 is 4.79 Å². The Hall–Kier alpha value is 0.270. The summed E-state index contributed by atoms with van der Waals surface area (Å²) in [6, 6.07) is 0. The third-order valence-electron chi connectivity index (χ3n) is 1.37. The fraction of sp³-hybridized carbons (Fsp3) is 0.833. The molecular formula is C6H9ClO2S. The van der Waals surface area contributed by atoms with E-state index >= 15 is 0 Å². The summed E-state index contributed by atoms with van der Waals surface area (Å²) in [5.74, 6) is 0.979. The molecule has 1 atom stereocenters. The van der Waals surface area contributed by atoms with E-state index in [2.05, 4.69) is 0 Å². The van der Waals surface area contributed by atoms with Crippen LogP contribution >= 0.6 is 23.6 Å². The molecule has 1 fully saturated rings. The van der Waals surface area contributed by atoms with Crippen LogP contribution in [0.1, 0.15) is 19.3 Å². The average Bonchev–Trinajstić information content (AvgIpc) is 1.89. The minimum Gasteiger partial charge on any atom is -0.303 e. The van der Waals surface area contributed by atoms with Gasteiger partial charge in [0.2, 0.25) is 0 Å². The van der Waals surface area contributed by atoms with Crippen LogP contribution < -0.4 is 0 Å². The number of rotatable bonds is 2. The number of carbonyl (C=O) groups excluding carboxylic acids is 1. The smallest absolute Gasteiger partial charge is 0.162 e. The lowest BCUT2D eigenvalue weighted by Gasteiger charge is -2.27. The summed E-state index contributed by atoms with van der Waals surface area (Å²) in [7, 11) is 0. The van der Waals surface area contributed by atoms with E-state index in [1.165, 1.54) is 12.0 Å². The van der Waals surface area contributed by atoms with Crippen LogP contribution in [0.25, 0.3) is 0 Å². The van der Waals surface area contributed by atoms with Crippen molar-refractivity contribution in [3.63, 3.8) is 0 Å². The summed E-state index contributed by atoms with van der Waals surface area (Å²) in [5.41, 5.74) is 0. The number of carbonyl (C=O) groups is 1. The van der Waals surface area contributed by atoms with Crippen molar-refractivity contribution in [2.45, 2.75) is 24.3 Å². The van der Waals surface area contributed by atoms with Crippen molar-refractivity contribution in [1.29, 1.82) is 0 Å². The third kappa shape index (κ3) is 2.15. The lowest BCUT2D eigenvalue weighted by atomic mass is 10.1. The highest BCUT2D eigenvalue weighted by Gasteiger charge is 2.30. The van der Waals surface area contributed by atoms with Crippen LogP contribution in [-0.4, -0.2) is 17.1 Å². The van der Waals surface area contributed by atoms with Crippen LogP contribution in [-0.2, 0) is 8.98 Å². The summed E-state index contributed by atoms with van der Waals surface area (Å²) in [4.78, 5) is 10.1. The summed E-state index contributed by atoms with van der Waals surface area (Å²) in [5, 5.41) is -0.704. The molecule has 4 heteroatoms. The van der Waals surface area contributed by atoms with Gasteiger partial charge in [-0.1, -0.05) is 11.6 Å². The van der Waals surface area contributed by atoms with Crippen molar-refractivity contribution < 1.29 is 8.98 Å². The van der Waals surface area contributed by atoms with Crippen LogP contribution in [0.5, 0.6) is 0 Å². The second kappa shape index (κ2) is 3.60. The van der Waals surface area contributed by atoms with E-state index in [4.69, 9.17) is 15.8 Å². The fourth-order valence-electron chi connectivity index (χ4n) is 0.845. The Bertz CT molecular complexity index is 123. The first-order chi connectivity index (χ1) is 4.77. The van der Waals surface area contributed by atoms with E-state index in [1.807, 2.05) is 0 Å². The molecule has 1 rings (SSSR count). The molecular weight excluding hydrogens is 172 g/mol. The van der Waals surface area contributed by atoms with Crippen molar-refractivity contribution >= 4 is 29.9 Å². The molecule has 10 heavy (non-hydrogen) atoms. The molecule has 58 valence electrons. The zero-order chi connectivity index (χ0) is 7.45. The molecule has 0 radical (unpaired) electrons. The minimum atomic E-state index is -0.704. The van der Waals surface area contributed by atoms with Gasteiger partial charge in [0.1, 0.15) is 6.29 Å². The van der Waals surface area contributed by atoms with Crippen molar-refractivity contribution in [2.75, 3.05) is 5.75 Å². The first kappa shape index (κ1) is 8.37. The zero-order valence-corrected chi connectivity index (χ0v) is 7.08. The van der Waals surface area contributed by atoms with Crippen molar-refractivity contribution in [3.05, 3.63) is 0 Å². The van der Waals surface area contributed by atoms with Gasteiger partial charge >= 0.3 is 0 Å². The maximum absolute atomic E-state index is 10.1. The summed E-state index contributed by atoms with van der Waals surface area (Å²) in [6.07, 6.45) is 2.91. The summed E-state index contributed by atoms with van der Waals surface area (Å²) in [6.45, 7) is 0. The largest absolute Gasteiger partial charge is 0.303 e. The van der Waals surface area contributed by atoms with Crippen LogP contribution in [0.15, 0.2) is 0 Å². The van der Waals surface area contributed by atoms with E-state index in [9.17, 15) is 4.79 Å². The summed E-state index contributed by atoms with van der Waals surface area (Å²) < 4.78 is 5.16. The van der Waals surface area contributed by atoms with Crippen molar-refractivity contribution in [1.82, 2.24) is 0 Å². The molecule has 2 nitrogen and oxygen atoms in total. The Kier molecular flexibility index (Phi) is 3.01. The quantitative estimate of drug-likeness (QED) is 0.369. The number of alkyl halides is 1. The standard InChI is InChI=1S/C6H9ClO2S/c7-6(3-4-8)2-1-5-10-9-6/h4H,1-3,5H2. The predicted molar refractivity (Wildman–Crippen MR) is 42.0 cm³/mol. The van der Waals surface area contributed by atoms with E-state index in [0.717, 1.165) is 24.9 Å². The molecule has 1 aliphatic rings. The van der Waals surface area contributed by atoms with Gasteiger partial charge in [-0.25, -0.2) is 0 Å². The number of hydrogen-bond donors (Lipinski definition) is 0. The van der Waals surface area contributed by atoms with E-state index < -0.39 is 5.06 Å². The Labute approximate surface area is 69.5 Å². The van der Waals surface area contributed by atoms with Crippen LogP contribution in [0.4, 0.5) is 0 Å². The molecule has 1 heterocycles. The van der Waals surface area contributed by atoms with Gasteiger partial charge in [0, 0.05) is 12.2 Å². The maximum atomic E-state index is 10.1. The molecule has 0 spiro atoms. The molecule has 0 aromatic carbocycles. The Morgan fingerprint density at radius 2 is 2.60 bits per heavy atom. The monoisotopic (exact) mass is 180 g/mol. The predicted octanol–water partition coefficient (Wildman–Crippen LogP) is 1.97. The third-order valence-corrected chi connectivity index (χ3v) is 2.78. The highest BCUT2D eigenvalue weighted by molar-refractivity contribution is 7.94. The second-order valence-corrected chi connectivity index (χ2v) is 3.76. The molecule has 0 amide bonds. The fourth-order valence-corrected chi connectivity index (χ4v) is 1.88. The molecule has 1 aliphatic heterocycles.